The summed E-state index contributed by atoms with van der Waals surface area (Å²) in [6, 6.07) is 11.1. The Morgan fingerprint density at radius 1 is 1.14 bits per heavy atom. The molecule has 1 aromatic rings. The third-order valence-corrected chi connectivity index (χ3v) is 2.82. The van der Waals surface area contributed by atoms with Gasteiger partial charge in [0.25, 0.3) is 0 Å². The van der Waals surface area contributed by atoms with Crippen LogP contribution >= 0.6 is 0 Å². The van der Waals surface area contributed by atoms with E-state index in [1.807, 2.05) is 43.3 Å². The van der Waals surface area contributed by atoms with Crippen LogP contribution in [-0.2, 0) is 4.79 Å². The number of hydrogen-bond acceptors (Lipinski definition) is 5. The van der Waals surface area contributed by atoms with Crippen LogP contribution in [0.25, 0.3) is 0 Å². The number of nitrogens with zero attached hydrogens (tertiary/aromatic N) is 3. The van der Waals surface area contributed by atoms with Crippen molar-refractivity contribution in [2.75, 3.05) is 26.3 Å². The molecular weight excluding hydrogens is 282 g/mol. The van der Waals surface area contributed by atoms with Gasteiger partial charge in [-0.05, 0) is 25.5 Å². The zero-order chi connectivity index (χ0) is 16.2. The van der Waals surface area contributed by atoms with E-state index in [9.17, 15) is 4.79 Å². The molecule has 6 nitrogen and oxygen atoms in total. The lowest BCUT2D eigenvalue weighted by molar-refractivity contribution is -0.130. The fraction of sp³-hybridized carbons (Fsp3) is 0.438. The molecule has 0 bridgehead atoms. The van der Waals surface area contributed by atoms with Gasteiger partial charge in [-0.25, -0.2) is 0 Å². The summed E-state index contributed by atoms with van der Waals surface area (Å²) < 4.78 is 11.1. The van der Waals surface area contributed by atoms with Crippen LogP contribution in [0.15, 0.2) is 24.3 Å². The molecule has 0 aliphatic carbocycles. The number of rotatable bonds is 9. The lowest BCUT2D eigenvalue weighted by Gasteiger charge is -2.16. The van der Waals surface area contributed by atoms with Crippen LogP contribution in [0, 0.1) is 22.7 Å². The minimum absolute atomic E-state index is 0.0690. The molecule has 0 radical (unpaired) electrons. The first kappa shape index (κ1) is 17.3. The van der Waals surface area contributed by atoms with E-state index in [0.29, 0.717) is 31.1 Å². The summed E-state index contributed by atoms with van der Waals surface area (Å²) in [5.74, 6) is 1.10. The van der Waals surface area contributed by atoms with Gasteiger partial charge in [0.05, 0.1) is 25.4 Å². The van der Waals surface area contributed by atoms with E-state index in [1.54, 1.807) is 0 Å². The predicted octanol–water partition coefficient (Wildman–Crippen LogP) is 2.12. The van der Waals surface area contributed by atoms with Crippen molar-refractivity contribution in [1.82, 2.24) is 4.90 Å². The van der Waals surface area contributed by atoms with Crippen molar-refractivity contribution in [3.63, 3.8) is 0 Å². The molecule has 1 aromatic carbocycles. The quantitative estimate of drug-likeness (QED) is 0.515. The van der Waals surface area contributed by atoms with E-state index in [1.165, 1.54) is 4.90 Å². The lowest BCUT2D eigenvalue weighted by atomic mass is 10.2. The molecule has 0 fully saturated rings. The molecule has 1 rings (SSSR count). The first-order valence-corrected chi connectivity index (χ1v) is 7.09. The Morgan fingerprint density at radius 3 is 2.27 bits per heavy atom. The van der Waals surface area contributed by atoms with Gasteiger partial charge in [0.2, 0.25) is 5.91 Å². The van der Waals surface area contributed by atoms with Crippen molar-refractivity contribution in [3.05, 3.63) is 24.3 Å². The molecule has 0 saturated carbocycles. The summed E-state index contributed by atoms with van der Waals surface area (Å²) in [6.07, 6.45) is 0.743. The fourth-order valence-electron chi connectivity index (χ4n) is 1.81. The van der Waals surface area contributed by atoms with E-state index in [-0.39, 0.29) is 25.4 Å². The molecule has 0 N–H and O–H groups in total. The highest BCUT2D eigenvalue weighted by Gasteiger charge is 2.12. The number of amides is 1. The summed E-state index contributed by atoms with van der Waals surface area (Å²) in [7, 11) is 0. The molecule has 116 valence electrons. The molecule has 0 atom stereocenters. The van der Waals surface area contributed by atoms with Crippen molar-refractivity contribution >= 4 is 5.91 Å². The first-order valence-electron chi connectivity index (χ1n) is 7.09. The van der Waals surface area contributed by atoms with Gasteiger partial charge >= 0.3 is 0 Å². The predicted molar refractivity (Wildman–Crippen MR) is 80.1 cm³/mol. The SMILES string of the molecule is CCOc1ccccc1OCCCC(=O)N(CC#N)CC#N. The Labute approximate surface area is 130 Å². The Bertz CT molecular complexity index is 544. The van der Waals surface area contributed by atoms with Gasteiger partial charge in [-0.2, -0.15) is 10.5 Å². The van der Waals surface area contributed by atoms with Gasteiger partial charge in [0, 0.05) is 6.42 Å². The highest BCUT2D eigenvalue weighted by Crippen LogP contribution is 2.26. The molecule has 0 aliphatic heterocycles. The Hall–Kier alpha value is -2.73. The maximum atomic E-state index is 11.8. The smallest absolute Gasteiger partial charge is 0.224 e. The van der Waals surface area contributed by atoms with E-state index >= 15 is 0 Å². The number of benzene rings is 1. The largest absolute Gasteiger partial charge is 0.490 e. The van der Waals surface area contributed by atoms with E-state index in [4.69, 9.17) is 20.0 Å². The maximum Gasteiger partial charge on any atom is 0.224 e. The number of para-hydroxylation sites is 2. The number of carbonyl (C=O) groups excluding carboxylic acids is 1. The second-order valence-electron chi connectivity index (χ2n) is 4.40. The third-order valence-electron chi connectivity index (χ3n) is 2.82. The standard InChI is InChI=1S/C16H19N3O3/c1-2-21-14-6-3-4-7-15(14)22-13-5-8-16(20)19(11-9-17)12-10-18/h3-4,6-7H,2,5,8,11-13H2,1H3. The molecule has 0 aromatic heterocycles. The highest BCUT2D eigenvalue weighted by atomic mass is 16.5. The van der Waals surface area contributed by atoms with Crippen LogP contribution in [0.3, 0.4) is 0 Å². The summed E-state index contributed by atoms with van der Waals surface area (Å²) in [6.45, 7) is 2.67. The van der Waals surface area contributed by atoms with Gasteiger partial charge in [0.15, 0.2) is 11.5 Å². The van der Waals surface area contributed by atoms with Gasteiger partial charge in [-0.3, -0.25) is 4.79 Å². The maximum absolute atomic E-state index is 11.8. The molecule has 0 saturated heterocycles. The zero-order valence-corrected chi connectivity index (χ0v) is 12.6. The molecule has 0 heterocycles. The van der Waals surface area contributed by atoms with Gasteiger partial charge in [-0.1, -0.05) is 12.1 Å². The molecule has 6 heteroatoms. The second-order valence-corrected chi connectivity index (χ2v) is 4.40. The topological polar surface area (TPSA) is 86.3 Å². The Morgan fingerprint density at radius 2 is 1.73 bits per heavy atom. The monoisotopic (exact) mass is 301 g/mol. The highest BCUT2D eigenvalue weighted by molar-refractivity contribution is 5.76. The number of nitriles is 2. The van der Waals surface area contributed by atoms with Crippen LogP contribution < -0.4 is 9.47 Å². The molecule has 0 unspecified atom stereocenters. The summed E-state index contributed by atoms with van der Waals surface area (Å²) in [4.78, 5) is 13.1. The molecule has 0 spiro atoms. The molecular formula is C16H19N3O3. The van der Waals surface area contributed by atoms with E-state index in [0.717, 1.165) is 0 Å². The minimum Gasteiger partial charge on any atom is -0.490 e. The fourth-order valence-corrected chi connectivity index (χ4v) is 1.81. The van der Waals surface area contributed by atoms with Crippen molar-refractivity contribution in [1.29, 1.82) is 10.5 Å². The van der Waals surface area contributed by atoms with Gasteiger partial charge in [0.1, 0.15) is 13.1 Å². The lowest BCUT2D eigenvalue weighted by Crippen LogP contribution is -2.31. The van der Waals surface area contributed by atoms with Gasteiger partial charge < -0.3 is 14.4 Å². The van der Waals surface area contributed by atoms with Crippen LogP contribution in [-0.4, -0.2) is 37.1 Å². The number of ether oxygens (including phenoxy) is 2. The Kier molecular flexibility index (Phi) is 7.92. The Balaban J connectivity index is 2.40. The van der Waals surface area contributed by atoms with E-state index < -0.39 is 0 Å². The summed E-state index contributed by atoms with van der Waals surface area (Å²) in [5.41, 5.74) is 0. The number of carbonyl (C=O) groups is 1. The van der Waals surface area contributed by atoms with Crippen LogP contribution in [0.4, 0.5) is 0 Å². The van der Waals surface area contributed by atoms with Crippen LogP contribution in [0.1, 0.15) is 19.8 Å². The average molecular weight is 301 g/mol. The molecule has 1 amide bonds. The minimum atomic E-state index is -0.218. The third kappa shape index (κ3) is 5.72. The zero-order valence-electron chi connectivity index (χ0n) is 12.6. The van der Waals surface area contributed by atoms with Crippen molar-refractivity contribution in [2.24, 2.45) is 0 Å². The van der Waals surface area contributed by atoms with Crippen molar-refractivity contribution in [2.45, 2.75) is 19.8 Å². The van der Waals surface area contributed by atoms with Crippen LogP contribution in [0.5, 0.6) is 11.5 Å². The summed E-state index contributed by atoms with van der Waals surface area (Å²) in [5, 5.41) is 17.2. The number of hydrogen-bond donors (Lipinski definition) is 0. The van der Waals surface area contributed by atoms with Crippen LogP contribution in [0.2, 0.25) is 0 Å². The first-order chi connectivity index (χ1) is 10.7. The summed E-state index contributed by atoms with van der Waals surface area (Å²) >= 11 is 0. The van der Waals surface area contributed by atoms with E-state index in [2.05, 4.69) is 0 Å². The average Bonchev–Trinajstić information content (AvgIpc) is 2.53. The van der Waals surface area contributed by atoms with Crippen molar-refractivity contribution in [3.8, 4) is 23.6 Å². The van der Waals surface area contributed by atoms with Gasteiger partial charge in [-0.15, -0.1) is 0 Å². The molecule has 0 aliphatic rings. The van der Waals surface area contributed by atoms with Crippen molar-refractivity contribution < 1.29 is 14.3 Å². The molecule has 22 heavy (non-hydrogen) atoms. The normalized spacial score (nSPS) is 9.41. The second kappa shape index (κ2) is 10.1.